The largest absolute Gasteiger partial charge is 0.321 e. The number of rotatable bonds is 4. The van der Waals surface area contributed by atoms with Gasteiger partial charge in [0.15, 0.2) is 0 Å². The molecule has 1 N–H and O–H groups in total. The smallest absolute Gasteiger partial charge is 0.261 e. The maximum Gasteiger partial charge on any atom is 0.261 e. The highest BCUT2D eigenvalue weighted by Crippen LogP contribution is 2.26. The van der Waals surface area contributed by atoms with Crippen LogP contribution in [-0.4, -0.2) is 22.6 Å². The molecule has 138 valence electrons. The van der Waals surface area contributed by atoms with Gasteiger partial charge < -0.3 is 5.32 Å². The van der Waals surface area contributed by atoms with Crippen LogP contribution in [0.25, 0.3) is 0 Å². The standard InChI is InChI=1S/C22H15IN2O3/c23-18-8-4-5-9-19(18)24-20(26)15-10-11-16-17(12-15)22(28)25(21(16)27)13-14-6-2-1-3-7-14/h1-12H,13H2,(H,24,26). The Morgan fingerprint density at radius 1 is 0.857 bits per heavy atom. The molecule has 0 radical (unpaired) electrons. The molecule has 4 rings (SSSR count). The Labute approximate surface area is 175 Å². The second kappa shape index (κ2) is 7.55. The molecule has 1 heterocycles. The van der Waals surface area contributed by atoms with Gasteiger partial charge in [-0.15, -0.1) is 0 Å². The van der Waals surface area contributed by atoms with Crippen LogP contribution in [0.5, 0.6) is 0 Å². The molecule has 6 heteroatoms. The van der Waals surface area contributed by atoms with Crippen LogP contribution in [-0.2, 0) is 6.54 Å². The fraction of sp³-hybridized carbons (Fsp3) is 0.0455. The van der Waals surface area contributed by atoms with E-state index in [0.717, 1.165) is 9.13 Å². The lowest BCUT2D eigenvalue weighted by molar-refractivity contribution is 0.0642. The molecule has 1 aliphatic rings. The van der Waals surface area contributed by atoms with Gasteiger partial charge in [0.1, 0.15) is 0 Å². The van der Waals surface area contributed by atoms with Gasteiger partial charge in [-0.3, -0.25) is 19.3 Å². The Morgan fingerprint density at radius 3 is 2.29 bits per heavy atom. The second-order valence-electron chi connectivity index (χ2n) is 6.38. The number of carbonyl (C=O) groups excluding carboxylic acids is 3. The van der Waals surface area contributed by atoms with Crippen molar-refractivity contribution in [3.8, 4) is 0 Å². The molecule has 1 aliphatic heterocycles. The molecule has 0 atom stereocenters. The summed E-state index contributed by atoms with van der Waals surface area (Å²) < 4.78 is 0.912. The maximum atomic E-state index is 12.8. The van der Waals surface area contributed by atoms with Gasteiger partial charge in [0, 0.05) is 9.13 Å². The van der Waals surface area contributed by atoms with Crippen molar-refractivity contribution in [3.63, 3.8) is 0 Å². The fourth-order valence-corrected chi connectivity index (χ4v) is 3.62. The molecule has 0 bridgehead atoms. The maximum absolute atomic E-state index is 12.8. The normalized spacial score (nSPS) is 12.8. The molecular formula is C22H15IN2O3. The van der Waals surface area contributed by atoms with Crippen molar-refractivity contribution in [2.45, 2.75) is 6.54 Å². The third-order valence-electron chi connectivity index (χ3n) is 4.54. The minimum atomic E-state index is -0.382. The molecule has 5 nitrogen and oxygen atoms in total. The van der Waals surface area contributed by atoms with E-state index < -0.39 is 0 Å². The number of fused-ring (bicyclic) bond motifs is 1. The van der Waals surface area contributed by atoms with Gasteiger partial charge >= 0.3 is 0 Å². The van der Waals surface area contributed by atoms with Crippen molar-refractivity contribution in [3.05, 3.63) is 98.6 Å². The number of halogens is 1. The van der Waals surface area contributed by atoms with Crippen LogP contribution in [0.2, 0.25) is 0 Å². The monoisotopic (exact) mass is 482 g/mol. The van der Waals surface area contributed by atoms with Gasteiger partial charge in [-0.2, -0.15) is 0 Å². The Morgan fingerprint density at radius 2 is 1.54 bits per heavy atom. The number of carbonyl (C=O) groups is 3. The number of benzene rings is 3. The van der Waals surface area contributed by atoms with Crippen molar-refractivity contribution in [2.75, 3.05) is 5.32 Å². The van der Waals surface area contributed by atoms with Gasteiger partial charge in [0.05, 0.1) is 23.4 Å². The number of imide groups is 1. The van der Waals surface area contributed by atoms with Gasteiger partial charge in [0.2, 0.25) is 0 Å². The third kappa shape index (κ3) is 3.43. The van der Waals surface area contributed by atoms with E-state index >= 15 is 0 Å². The molecule has 0 saturated carbocycles. The van der Waals surface area contributed by atoms with E-state index in [1.54, 1.807) is 12.1 Å². The molecule has 3 amide bonds. The first kappa shape index (κ1) is 18.4. The Bertz CT molecular complexity index is 1100. The summed E-state index contributed by atoms with van der Waals surface area (Å²) in [6.07, 6.45) is 0. The molecule has 0 aromatic heterocycles. The number of hydrogen-bond acceptors (Lipinski definition) is 3. The zero-order chi connectivity index (χ0) is 19.7. The minimum Gasteiger partial charge on any atom is -0.321 e. The average Bonchev–Trinajstić information content (AvgIpc) is 2.95. The lowest BCUT2D eigenvalue weighted by Gasteiger charge is -2.13. The quantitative estimate of drug-likeness (QED) is 0.445. The number of nitrogens with one attached hydrogen (secondary N) is 1. The molecule has 0 aliphatic carbocycles. The van der Waals surface area contributed by atoms with Crippen LogP contribution in [0.1, 0.15) is 36.6 Å². The summed E-state index contributed by atoms with van der Waals surface area (Å²) >= 11 is 2.14. The molecule has 0 unspecified atom stereocenters. The summed E-state index contributed by atoms with van der Waals surface area (Å²) in [5.41, 5.74) is 2.49. The summed E-state index contributed by atoms with van der Waals surface area (Å²) in [4.78, 5) is 39.2. The predicted octanol–water partition coefficient (Wildman–Crippen LogP) is 4.34. The highest BCUT2D eigenvalue weighted by atomic mass is 127. The van der Waals surface area contributed by atoms with E-state index in [0.29, 0.717) is 16.8 Å². The molecule has 0 fully saturated rings. The summed E-state index contributed by atoms with van der Waals surface area (Å²) in [5, 5.41) is 2.84. The van der Waals surface area contributed by atoms with E-state index in [1.807, 2.05) is 54.6 Å². The Hall–Kier alpha value is -3.00. The molecule has 3 aromatic rings. The van der Waals surface area contributed by atoms with Gasteiger partial charge in [0.25, 0.3) is 17.7 Å². The first-order valence-corrected chi connectivity index (χ1v) is 9.72. The van der Waals surface area contributed by atoms with Crippen molar-refractivity contribution in [1.29, 1.82) is 0 Å². The van der Waals surface area contributed by atoms with Crippen LogP contribution in [0, 0.1) is 3.57 Å². The summed E-state index contributed by atoms with van der Waals surface area (Å²) in [7, 11) is 0. The van der Waals surface area contributed by atoms with Crippen LogP contribution < -0.4 is 5.32 Å². The highest BCUT2D eigenvalue weighted by Gasteiger charge is 2.36. The molecule has 0 spiro atoms. The SMILES string of the molecule is O=C(Nc1ccccc1I)c1ccc2c(c1)C(=O)N(Cc1ccccc1)C2=O. The zero-order valence-electron chi connectivity index (χ0n) is 14.7. The topological polar surface area (TPSA) is 66.5 Å². The Balaban J connectivity index is 1.58. The summed E-state index contributed by atoms with van der Waals surface area (Å²) in [6, 6.07) is 21.4. The van der Waals surface area contributed by atoms with Crippen LogP contribution in [0.4, 0.5) is 5.69 Å². The van der Waals surface area contributed by atoms with Gasteiger partial charge in [-0.1, -0.05) is 42.5 Å². The molecule has 3 aromatic carbocycles. The van der Waals surface area contributed by atoms with E-state index in [1.165, 1.54) is 11.0 Å². The number of para-hydroxylation sites is 1. The van der Waals surface area contributed by atoms with E-state index in [-0.39, 0.29) is 29.8 Å². The van der Waals surface area contributed by atoms with Crippen LogP contribution in [0.3, 0.4) is 0 Å². The Kier molecular flexibility index (Phi) is 4.95. The minimum absolute atomic E-state index is 0.205. The summed E-state index contributed by atoms with van der Waals surface area (Å²) in [5.74, 6) is -1.05. The van der Waals surface area contributed by atoms with E-state index in [4.69, 9.17) is 0 Å². The number of amides is 3. The number of nitrogens with zero attached hydrogens (tertiary/aromatic N) is 1. The third-order valence-corrected chi connectivity index (χ3v) is 5.48. The zero-order valence-corrected chi connectivity index (χ0v) is 16.8. The first-order chi connectivity index (χ1) is 13.5. The van der Waals surface area contributed by atoms with Gasteiger partial charge in [-0.25, -0.2) is 0 Å². The molecule has 28 heavy (non-hydrogen) atoms. The second-order valence-corrected chi connectivity index (χ2v) is 7.54. The van der Waals surface area contributed by atoms with Crippen molar-refractivity contribution < 1.29 is 14.4 Å². The van der Waals surface area contributed by atoms with Crippen molar-refractivity contribution in [1.82, 2.24) is 4.90 Å². The first-order valence-electron chi connectivity index (χ1n) is 8.64. The predicted molar refractivity (Wildman–Crippen MR) is 114 cm³/mol. The summed E-state index contributed by atoms with van der Waals surface area (Å²) in [6.45, 7) is 0.205. The lowest BCUT2D eigenvalue weighted by atomic mass is 10.1. The van der Waals surface area contributed by atoms with Crippen molar-refractivity contribution in [2.24, 2.45) is 0 Å². The van der Waals surface area contributed by atoms with Crippen LogP contribution >= 0.6 is 22.6 Å². The molecular weight excluding hydrogens is 467 g/mol. The fourth-order valence-electron chi connectivity index (χ4n) is 3.10. The van der Waals surface area contributed by atoms with E-state index in [2.05, 4.69) is 27.9 Å². The number of anilines is 1. The lowest BCUT2D eigenvalue weighted by Crippen LogP contribution is -2.29. The molecule has 0 saturated heterocycles. The van der Waals surface area contributed by atoms with E-state index in [9.17, 15) is 14.4 Å². The van der Waals surface area contributed by atoms with Crippen LogP contribution in [0.15, 0.2) is 72.8 Å². The average molecular weight is 482 g/mol. The van der Waals surface area contributed by atoms with Crippen molar-refractivity contribution >= 4 is 46.0 Å². The highest BCUT2D eigenvalue weighted by molar-refractivity contribution is 14.1. The van der Waals surface area contributed by atoms with Gasteiger partial charge in [-0.05, 0) is 58.5 Å². The number of hydrogen-bond donors (Lipinski definition) is 1.